The van der Waals surface area contributed by atoms with Crippen LogP contribution in [0.4, 0.5) is 0 Å². The fraction of sp³-hybridized carbons (Fsp3) is 0.500. The second-order valence-corrected chi connectivity index (χ2v) is 10.2. The molecule has 10 nitrogen and oxygen atoms in total. The number of likely N-dealkylation sites (N-methyl/N-ethyl adjacent to an activating group) is 2. The van der Waals surface area contributed by atoms with E-state index in [2.05, 4.69) is 54.7 Å². The first-order valence-electron chi connectivity index (χ1n) is 13.5. The summed E-state index contributed by atoms with van der Waals surface area (Å²) in [6.07, 6.45) is 4.21. The smallest absolute Gasteiger partial charge is 0.241 e. The molecule has 2 aliphatic rings. The zero-order valence-corrected chi connectivity index (χ0v) is 22.6. The van der Waals surface area contributed by atoms with E-state index < -0.39 is 0 Å². The molecule has 0 radical (unpaired) electrons. The Balaban J connectivity index is 1.27. The molecule has 0 unspecified atom stereocenters. The van der Waals surface area contributed by atoms with Crippen molar-refractivity contribution < 1.29 is 9.59 Å². The Labute approximate surface area is 225 Å². The van der Waals surface area contributed by atoms with Gasteiger partial charge in [0, 0.05) is 89.4 Å². The Hall–Kier alpha value is -3.18. The van der Waals surface area contributed by atoms with Gasteiger partial charge in [-0.15, -0.1) is 0 Å². The van der Waals surface area contributed by atoms with Gasteiger partial charge < -0.3 is 19.6 Å². The molecule has 0 saturated carbocycles. The minimum Gasteiger partial charge on any atom is -0.304 e. The second-order valence-electron chi connectivity index (χ2n) is 10.2. The summed E-state index contributed by atoms with van der Waals surface area (Å²) >= 11 is 0. The average Bonchev–Trinajstić information content (AvgIpc) is 2.93. The molecule has 0 aliphatic carbocycles. The van der Waals surface area contributed by atoms with Crippen LogP contribution in [0.1, 0.15) is 24.0 Å². The molecule has 2 aromatic rings. The molecule has 0 atom stereocenters. The number of carbonyl (C=O) groups is 2. The topological polar surface area (TPSA) is 95.9 Å². The molecular weight excluding hydrogens is 480 g/mol. The van der Waals surface area contributed by atoms with Crippen molar-refractivity contribution in [2.24, 2.45) is 10.2 Å². The summed E-state index contributed by atoms with van der Waals surface area (Å²) < 4.78 is 0. The van der Waals surface area contributed by atoms with Gasteiger partial charge in [-0.25, -0.2) is 10.9 Å². The van der Waals surface area contributed by atoms with Gasteiger partial charge in [-0.2, -0.15) is 10.2 Å². The third kappa shape index (κ3) is 8.42. The van der Waals surface area contributed by atoms with E-state index >= 15 is 0 Å². The minimum absolute atomic E-state index is 0.0865. The summed E-state index contributed by atoms with van der Waals surface area (Å²) in [5.74, 6) is -0.173. The highest BCUT2D eigenvalue weighted by Gasteiger charge is 2.15. The van der Waals surface area contributed by atoms with Crippen molar-refractivity contribution in [3.05, 3.63) is 47.5 Å². The van der Waals surface area contributed by atoms with Crippen molar-refractivity contribution in [1.29, 1.82) is 0 Å². The number of carbonyl (C=O) groups excluding carboxylic acids is 2. The van der Waals surface area contributed by atoms with Crippen LogP contribution in [0.3, 0.4) is 0 Å². The summed E-state index contributed by atoms with van der Waals surface area (Å²) in [6, 6.07) is 11.8. The van der Waals surface area contributed by atoms with Crippen LogP contribution >= 0.6 is 0 Å². The minimum atomic E-state index is -0.0865. The molecule has 0 aromatic heterocycles. The van der Waals surface area contributed by atoms with Crippen LogP contribution < -0.4 is 10.9 Å². The molecule has 2 heterocycles. The molecule has 10 heteroatoms. The highest BCUT2D eigenvalue weighted by Crippen LogP contribution is 2.20. The molecule has 2 aliphatic heterocycles. The van der Waals surface area contributed by atoms with Gasteiger partial charge in [-0.1, -0.05) is 36.4 Å². The standard InChI is InChI=1S/C28H40N8O2/c1-33-13-17-35(18-14-33)11-9-27(37)31-29-21-23-5-3-8-26-24(6-4-7-25(23)26)22-30-32-28(38)10-12-36-19-15-34(2)16-20-36/h3-8,21-22H,9-20H2,1-2H3,(H,31,37)(H,32,38). The SMILES string of the molecule is CN1CCN(CCC(=O)NN=Cc2cccc3c(C=NNC(=O)CCN4CCN(C)CC4)cccc23)CC1. The van der Waals surface area contributed by atoms with Crippen LogP contribution in [-0.4, -0.2) is 123 Å². The van der Waals surface area contributed by atoms with E-state index in [1.54, 1.807) is 12.4 Å². The maximum Gasteiger partial charge on any atom is 0.241 e. The molecule has 2 aromatic carbocycles. The Morgan fingerprint density at radius 1 is 0.684 bits per heavy atom. The Bertz CT molecular complexity index is 1050. The summed E-state index contributed by atoms with van der Waals surface area (Å²) in [4.78, 5) is 33.8. The Morgan fingerprint density at radius 3 is 1.47 bits per heavy atom. The molecule has 2 saturated heterocycles. The van der Waals surface area contributed by atoms with Crippen molar-refractivity contribution in [2.45, 2.75) is 12.8 Å². The van der Waals surface area contributed by atoms with Crippen LogP contribution in [0.2, 0.25) is 0 Å². The number of benzene rings is 2. The van der Waals surface area contributed by atoms with Crippen LogP contribution in [0.15, 0.2) is 46.6 Å². The first kappa shape index (κ1) is 27.8. The summed E-state index contributed by atoms with van der Waals surface area (Å²) in [5.41, 5.74) is 7.11. The van der Waals surface area contributed by atoms with Gasteiger partial charge in [0.2, 0.25) is 11.8 Å². The van der Waals surface area contributed by atoms with Crippen LogP contribution in [0.5, 0.6) is 0 Å². The molecule has 4 rings (SSSR count). The molecule has 2 fully saturated rings. The summed E-state index contributed by atoms with van der Waals surface area (Å²) in [6.45, 7) is 9.63. The third-order valence-corrected chi connectivity index (χ3v) is 7.28. The lowest BCUT2D eigenvalue weighted by Crippen LogP contribution is -2.45. The molecule has 204 valence electrons. The lowest BCUT2D eigenvalue weighted by Gasteiger charge is -2.32. The maximum absolute atomic E-state index is 12.3. The Morgan fingerprint density at radius 2 is 1.08 bits per heavy atom. The molecule has 38 heavy (non-hydrogen) atoms. The Kier molecular flexibility index (Phi) is 10.3. The van der Waals surface area contributed by atoms with Gasteiger partial charge in [0.25, 0.3) is 0 Å². The predicted octanol–water partition coefficient (Wildman–Crippen LogP) is 1.02. The van der Waals surface area contributed by atoms with Gasteiger partial charge in [-0.05, 0) is 24.9 Å². The normalized spacial score (nSPS) is 18.5. The summed E-state index contributed by atoms with van der Waals surface area (Å²) in [7, 11) is 4.24. The van der Waals surface area contributed by atoms with Gasteiger partial charge in [-0.3, -0.25) is 9.59 Å². The van der Waals surface area contributed by atoms with Crippen LogP contribution in [-0.2, 0) is 9.59 Å². The quantitative estimate of drug-likeness (QED) is 0.359. The van der Waals surface area contributed by atoms with Crippen molar-refractivity contribution in [2.75, 3.05) is 79.5 Å². The van der Waals surface area contributed by atoms with Crippen molar-refractivity contribution in [3.63, 3.8) is 0 Å². The van der Waals surface area contributed by atoms with E-state index in [0.29, 0.717) is 12.8 Å². The fourth-order valence-corrected chi connectivity index (χ4v) is 4.71. The van der Waals surface area contributed by atoms with E-state index in [0.717, 1.165) is 87.3 Å². The number of nitrogens with one attached hydrogen (secondary N) is 2. The first-order valence-corrected chi connectivity index (χ1v) is 13.5. The number of amides is 2. The maximum atomic E-state index is 12.3. The summed E-state index contributed by atoms with van der Waals surface area (Å²) in [5, 5.41) is 10.4. The molecule has 2 N–H and O–H groups in total. The zero-order valence-electron chi connectivity index (χ0n) is 22.6. The first-order chi connectivity index (χ1) is 18.5. The lowest BCUT2D eigenvalue weighted by atomic mass is 10.0. The highest BCUT2D eigenvalue weighted by atomic mass is 16.2. The van der Waals surface area contributed by atoms with Gasteiger partial charge in [0.1, 0.15) is 0 Å². The van der Waals surface area contributed by atoms with Crippen molar-refractivity contribution in [1.82, 2.24) is 30.5 Å². The largest absolute Gasteiger partial charge is 0.304 e. The number of hydrogen-bond donors (Lipinski definition) is 2. The van der Waals surface area contributed by atoms with Crippen molar-refractivity contribution in [3.8, 4) is 0 Å². The van der Waals surface area contributed by atoms with Crippen LogP contribution in [0, 0.1) is 0 Å². The molecule has 0 spiro atoms. The van der Waals surface area contributed by atoms with Gasteiger partial charge >= 0.3 is 0 Å². The van der Waals surface area contributed by atoms with E-state index in [1.807, 2.05) is 36.4 Å². The lowest BCUT2D eigenvalue weighted by molar-refractivity contribution is -0.122. The monoisotopic (exact) mass is 520 g/mol. The van der Waals surface area contributed by atoms with Crippen molar-refractivity contribution >= 4 is 35.0 Å². The van der Waals surface area contributed by atoms with E-state index in [-0.39, 0.29) is 11.8 Å². The highest BCUT2D eigenvalue weighted by molar-refractivity contribution is 6.06. The van der Waals surface area contributed by atoms with Gasteiger partial charge in [0.05, 0.1) is 12.4 Å². The fourth-order valence-electron chi connectivity index (χ4n) is 4.71. The van der Waals surface area contributed by atoms with E-state index in [4.69, 9.17) is 0 Å². The number of hydrogen-bond acceptors (Lipinski definition) is 8. The zero-order chi connectivity index (χ0) is 26.7. The van der Waals surface area contributed by atoms with E-state index in [1.165, 1.54) is 0 Å². The number of nitrogens with zero attached hydrogens (tertiary/aromatic N) is 6. The second kappa shape index (κ2) is 14.1. The average molecular weight is 521 g/mol. The molecule has 0 bridgehead atoms. The number of rotatable bonds is 10. The van der Waals surface area contributed by atoms with Gasteiger partial charge in [0.15, 0.2) is 0 Å². The molecule has 2 amide bonds. The number of piperazine rings is 2. The van der Waals surface area contributed by atoms with E-state index in [9.17, 15) is 9.59 Å². The third-order valence-electron chi connectivity index (χ3n) is 7.28. The molecular formula is C28H40N8O2. The van der Waals surface area contributed by atoms with Crippen LogP contribution in [0.25, 0.3) is 10.8 Å². The predicted molar refractivity (Wildman–Crippen MR) is 153 cm³/mol. The number of hydrazone groups is 2. The number of fused-ring (bicyclic) bond motifs is 1.